The lowest BCUT2D eigenvalue weighted by Gasteiger charge is -2.30. The number of hydrogen-bond donors (Lipinski definition) is 1. The molecule has 0 aromatic heterocycles. The number of carbonyl (C=O) groups is 2. The lowest BCUT2D eigenvalue weighted by atomic mass is 10.1. The SMILES string of the molecule is CC[C@H](C(=O)Nc1ccc(C(=O)OC)cc1)N(c1ccc(Cl)cc1)S(C)(=O)=O. The third-order valence-corrected chi connectivity index (χ3v) is 5.42. The Hall–Kier alpha value is -2.58. The maximum atomic E-state index is 12.8. The quantitative estimate of drug-likeness (QED) is 0.688. The molecule has 0 heterocycles. The molecule has 0 spiro atoms. The van der Waals surface area contributed by atoms with Crippen molar-refractivity contribution in [2.75, 3.05) is 23.0 Å². The molecule has 0 bridgehead atoms. The molecular formula is C19H21ClN2O5S. The number of sulfonamides is 1. The maximum absolute atomic E-state index is 12.8. The van der Waals surface area contributed by atoms with Crippen LogP contribution in [0.3, 0.4) is 0 Å². The molecule has 9 heteroatoms. The fourth-order valence-corrected chi connectivity index (χ4v) is 4.02. The van der Waals surface area contributed by atoms with Gasteiger partial charge in [0.1, 0.15) is 6.04 Å². The van der Waals surface area contributed by atoms with E-state index >= 15 is 0 Å². The lowest BCUT2D eigenvalue weighted by molar-refractivity contribution is -0.117. The van der Waals surface area contributed by atoms with E-state index in [0.717, 1.165) is 10.6 Å². The summed E-state index contributed by atoms with van der Waals surface area (Å²) in [7, 11) is -2.45. The van der Waals surface area contributed by atoms with Crippen LogP contribution in [0.15, 0.2) is 48.5 Å². The minimum Gasteiger partial charge on any atom is -0.465 e. The minimum atomic E-state index is -3.73. The van der Waals surface area contributed by atoms with Crippen molar-refractivity contribution in [3.8, 4) is 0 Å². The maximum Gasteiger partial charge on any atom is 0.337 e. The van der Waals surface area contributed by atoms with E-state index in [2.05, 4.69) is 10.1 Å². The van der Waals surface area contributed by atoms with Gasteiger partial charge in [0.15, 0.2) is 0 Å². The number of nitrogens with zero attached hydrogens (tertiary/aromatic N) is 1. The zero-order valence-electron chi connectivity index (χ0n) is 15.7. The Balaban J connectivity index is 2.29. The van der Waals surface area contributed by atoms with E-state index < -0.39 is 27.9 Å². The van der Waals surface area contributed by atoms with E-state index in [1.165, 1.54) is 19.2 Å². The fraction of sp³-hybridized carbons (Fsp3) is 0.263. The molecular weight excluding hydrogens is 404 g/mol. The van der Waals surface area contributed by atoms with Gasteiger partial charge in [-0.2, -0.15) is 0 Å². The molecule has 1 atom stereocenters. The first-order valence-electron chi connectivity index (χ1n) is 8.41. The van der Waals surface area contributed by atoms with Crippen LogP contribution in [0.25, 0.3) is 0 Å². The van der Waals surface area contributed by atoms with Crippen LogP contribution in [0.1, 0.15) is 23.7 Å². The van der Waals surface area contributed by atoms with Crippen LogP contribution >= 0.6 is 11.6 Å². The molecule has 0 saturated heterocycles. The molecule has 0 radical (unpaired) electrons. The average Bonchev–Trinajstić information content (AvgIpc) is 2.66. The van der Waals surface area contributed by atoms with Gasteiger partial charge in [0.2, 0.25) is 15.9 Å². The summed E-state index contributed by atoms with van der Waals surface area (Å²) in [5, 5.41) is 3.15. The van der Waals surface area contributed by atoms with E-state index in [0.29, 0.717) is 22.0 Å². The summed E-state index contributed by atoms with van der Waals surface area (Å²) in [6.07, 6.45) is 1.30. The molecule has 1 amide bonds. The van der Waals surface area contributed by atoms with Gasteiger partial charge in [-0.3, -0.25) is 9.10 Å². The monoisotopic (exact) mass is 424 g/mol. The average molecular weight is 425 g/mol. The van der Waals surface area contributed by atoms with Crippen molar-refractivity contribution < 1.29 is 22.7 Å². The summed E-state index contributed by atoms with van der Waals surface area (Å²) in [6.45, 7) is 1.72. The number of nitrogens with one attached hydrogen (secondary N) is 1. The van der Waals surface area contributed by atoms with Crippen LogP contribution < -0.4 is 9.62 Å². The zero-order chi connectivity index (χ0) is 20.9. The number of rotatable bonds is 7. The van der Waals surface area contributed by atoms with E-state index in [1.807, 2.05) is 0 Å². The summed E-state index contributed by atoms with van der Waals surface area (Å²) in [5.74, 6) is -0.982. The first kappa shape index (κ1) is 21.7. The van der Waals surface area contributed by atoms with Crippen LogP contribution in [-0.4, -0.2) is 39.7 Å². The van der Waals surface area contributed by atoms with E-state index in [9.17, 15) is 18.0 Å². The summed E-state index contributed by atoms with van der Waals surface area (Å²) in [4.78, 5) is 24.3. The second-order valence-electron chi connectivity index (χ2n) is 6.02. The summed E-state index contributed by atoms with van der Waals surface area (Å²) < 4.78 is 30.5. The van der Waals surface area contributed by atoms with Gasteiger partial charge in [0, 0.05) is 10.7 Å². The number of halogens is 1. The third-order valence-electron chi connectivity index (χ3n) is 3.98. The Morgan fingerprint density at radius 2 is 1.68 bits per heavy atom. The Kier molecular flexibility index (Phi) is 7.04. The Morgan fingerprint density at radius 3 is 2.14 bits per heavy atom. The predicted molar refractivity (Wildman–Crippen MR) is 109 cm³/mol. The number of carbonyl (C=O) groups excluding carboxylic acids is 2. The molecule has 0 aliphatic carbocycles. The summed E-state index contributed by atoms with van der Waals surface area (Å²) in [6, 6.07) is 11.4. The summed E-state index contributed by atoms with van der Waals surface area (Å²) >= 11 is 5.88. The molecule has 28 heavy (non-hydrogen) atoms. The Bertz CT molecular complexity index is 943. The first-order valence-corrected chi connectivity index (χ1v) is 10.6. The molecule has 150 valence electrons. The number of anilines is 2. The van der Waals surface area contributed by atoms with Crippen LogP contribution in [0.2, 0.25) is 5.02 Å². The topological polar surface area (TPSA) is 92.8 Å². The second kappa shape index (κ2) is 9.07. The highest BCUT2D eigenvalue weighted by Gasteiger charge is 2.31. The number of amides is 1. The predicted octanol–water partition coefficient (Wildman–Crippen LogP) is 3.31. The number of hydrogen-bond acceptors (Lipinski definition) is 5. The van der Waals surface area contributed by atoms with Crippen molar-refractivity contribution in [2.24, 2.45) is 0 Å². The highest BCUT2D eigenvalue weighted by atomic mass is 35.5. The number of methoxy groups -OCH3 is 1. The Morgan fingerprint density at radius 1 is 1.11 bits per heavy atom. The molecule has 2 rings (SSSR count). The molecule has 0 aliphatic heterocycles. The van der Waals surface area contributed by atoms with Crippen molar-refractivity contribution in [3.63, 3.8) is 0 Å². The van der Waals surface area contributed by atoms with Crippen molar-refractivity contribution in [3.05, 3.63) is 59.1 Å². The van der Waals surface area contributed by atoms with Crippen LogP contribution in [0.5, 0.6) is 0 Å². The van der Waals surface area contributed by atoms with E-state index in [4.69, 9.17) is 11.6 Å². The van der Waals surface area contributed by atoms with Gasteiger partial charge in [-0.05, 0) is 55.0 Å². The minimum absolute atomic E-state index is 0.252. The molecule has 1 N–H and O–H groups in total. The van der Waals surface area contributed by atoms with Crippen molar-refractivity contribution in [2.45, 2.75) is 19.4 Å². The first-order chi connectivity index (χ1) is 13.2. The molecule has 0 fully saturated rings. The highest BCUT2D eigenvalue weighted by molar-refractivity contribution is 7.92. The van der Waals surface area contributed by atoms with Crippen LogP contribution in [0, 0.1) is 0 Å². The standard InChI is InChI=1S/C19H21ClN2O5S/c1-4-17(22(28(3,25)26)16-11-7-14(20)8-12-16)18(23)21-15-9-5-13(6-10-15)19(24)27-2/h5-12,17H,4H2,1-3H3,(H,21,23)/t17-/m1/s1. The van der Waals surface area contributed by atoms with Crippen LogP contribution in [-0.2, 0) is 19.6 Å². The smallest absolute Gasteiger partial charge is 0.337 e. The number of esters is 1. The van der Waals surface area contributed by atoms with Gasteiger partial charge in [0.05, 0.1) is 24.6 Å². The zero-order valence-corrected chi connectivity index (χ0v) is 17.3. The second-order valence-corrected chi connectivity index (χ2v) is 8.31. The van der Waals surface area contributed by atoms with E-state index in [-0.39, 0.29) is 6.42 Å². The number of ether oxygens (including phenoxy) is 1. The number of benzene rings is 2. The normalized spacial score (nSPS) is 12.1. The molecule has 0 aliphatic rings. The van der Waals surface area contributed by atoms with Gasteiger partial charge in [-0.15, -0.1) is 0 Å². The largest absolute Gasteiger partial charge is 0.465 e. The molecule has 2 aromatic rings. The highest BCUT2D eigenvalue weighted by Crippen LogP contribution is 2.25. The van der Waals surface area contributed by atoms with Gasteiger partial charge in [-0.1, -0.05) is 18.5 Å². The van der Waals surface area contributed by atoms with Crippen molar-refractivity contribution in [1.82, 2.24) is 0 Å². The molecule has 0 saturated carbocycles. The third kappa shape index (κ3) is 5.24. The van der Waals surface area contributed by atoms with Gasteiger partial charge in [-0.25, -0.2) is 13.2 Å². The van der Waals surface area contributed by atoms with E-state index in [1.54, 1.807) is 43.3 Å². The van der Waals surface area contributed by atoms with Crippen molar-refractivity contribution >= 4 is 44.9 Å². The fourth-order valence-electron chi connectivity index (χ4n) is 2.68. The van der Waals surface area contributed by atoms with Gasteiger partial charge >= 0.3 is 5.97 Å². The molecule has 7 nitrogen and oxygen atoms in total. The van der Waals surface area contributed by atoms with Gasteiger partial charge < -0.3 is 10.1 Å². The van der Waals surface area contributed by atoms with Crippen LogP contribution in [0.4, 0.5) is 11.4 Å². The van der Waals surface area contributed by atoms with Gasteiger partial charge in [0.25, 0.3) is 0 Å². The lowest BCUT2D eigenvalue weighted by Crippen LogP contribution is -2.47. The Labute approximate surface area is 169 Å². The van der Waals surface area contributed by atoms with Crippen molar-refractivity contribution in [1.29, 1.82) is 0 Å². The molecule has 2 aromatic carbocycles. The summed E-state index contributed by atoms with van der Waals surface area (Å²) in [5.41, 5.74) is 1.11. The molecule has 0 unspecified atom stereocenters.